The number of rotatable bonds is 5. The summed E-state index contributed by atoms with van der Waals surface area (Å²) < 4.78 is 53.2. The third-order valence-corrected chi connectivity index (χ3v) is 4.54. The van der Waals surface area contributed by atoms with E-state index in [0.29, 0.717) is 17.7 Å². The first-order valence-electron chi connectivity index (χ1n) is 8.91. The van der Waals surface area contributed by atoms with Crippen LogP contribution >= 0.6 is 0 Å². The third kappa shape index (κ3) is 4.21. The molecule has 0 spiro atoms. The van der Waals surface area contributed by atoms with Crippen LogP contribution in [0.4, 0.5) is 17.6 Å². The number of hydrogen-bond acceptors (Lipinski definition) is 2. The lowest BCUT2D eigenvalue weighted by Gasteiger charge is -2.03. The Labute approximate surface area is 163 Å². The molecule has 2 aromatic carbocycles. The van der Waals surface area contributed by atoms with Crippen LogP contribution in [0.3, 0.4) is 0 Å². The van der Waals surface area contributed by atoms with E-state index < -0.39 is 11.9 Å². The van der Waals surface area contributed by atoms with Crippen molar-refractivity contribution in [3.8, 4) is 17.1 Å². The zero-order valence-electron chi connectivity index (χ0n) is 15.1. The Morgan fingerprint density at radius 2 is 1.66 bits per heavy atom. The topological polar surface area (TPSA) is 46.5 Å². The van der Waals surface area contributed by atoms with Crippen molar-refractivity contribution >= 4 is 0 Å². The molecule has 0 aliphatic carbocycles. The van der Waals surface area contributed by atoms with E-state index in [1.165, 1.54) is 16.8 Å². The molecular formula is C21H16F4N4. The van der Waals surface area contributed by atoms with Gasteiger partial charge in [0, 0.05) is 17.8 Å². The molecule has 148 valence electrons. The molecule has 0 aliphatic heterocycles. The summed E-state index contributed by atoms with van der Waals surface area (Å²) in [6, 6.07) is 16.6. The Hall–Kier alpha value is -3.42. The summed E-state index contributed by atoms with van der Waals surface area (Å²) >= 11 is 0. The second kappa shape index (κ2) is 7.54. The minimum Gasteiger partial charge on any atom is -0.261 e. The van der Waals surface area contributed by atoms with E-state index in [1.807, 2.05) is 30.3 Å². The van der Waals surface area contributed by atoms with Gasteiger partial charge >= 0.3 is 6.18 Å². The van der Waals surface area contributed by atoms with Crippen LogP contribution in [0.5, 0.6) is 0 Å². The van der Waals surface area contributed by atoms with Gasteiger partial charge in [-0.25, -0.2) is 9.07 Å². The molecule has 8 heteroatoms. The zero-order chi connectivity index (χ0) is 20.4. The molecule has 0 saturated heterocycles. The molecule has 0 radical (unpaired) electrons. The first kappa shape index (κ1) is 18.9. The molecule has 29 heavy (non-hydrogen) atoms. The molecular weight excluding hydrogens is 384 g/mol. The fraction of sp³-hybridized carbons (Fsp3) is 0.143. The van der Waals surface area contributed by atoms with Gasteiger partial charge in [0.25, 0.3) is 0 Å². The lowest BCUT2D eigenvalue weighted by atomic mass is 10.0. The van der Waals surface area contributed by atoms with Crippen molar-refractivity contribution in [2.24, 2.45) is 0 Å². The van der Waals surface area contributed by atoms with E-state index in [-0.39, 0.29) is 11.6 Å². The molecule has 0 atom stereocenters. The van der Waals surface area contributed by atoms with Crippen LogP contribution in [0.25, 0.3) is 17.1 Å². The van der Waals surface area contributed by atoms with Gasteiger partial charge < -0.3 is 0 Å². The number of halogens is 4. The first-order valence-corrected chi connectivity index (χ1v) is 8.91. The van der Waals surface area contributed by atoms with E-state index >= 15 is 0 Å². The number of H-pyrrole nitrogens is 1. The van der Waals surface area contributed by atoms with E-state index in [0.717, 1.165) is 23.6 Å². The minimum absolute atomic E-state index is 0.103. The van der Waals surface area contributed by atoms with Gasteiger partial charge in [-0.05, 0) is 48.2 Å². The summed E-state index contributed by atoms with van der Waals surface area (Å²) in [5.41, 5.74) is 2.22. The van der Waals surface area contributed by atoms with Gasteiger partial charge in [-0.2, -0.15) is 23.4 Å². The molecule has 4 nitrogen and oxygen atoms in total. The number of alkyl halides is 3. The Kier molecular flexibility index (Phi) is 4.92. The van der Waals surface area contributed by atoms with Crippen molar-refractivity contribution in [3.05, 3.63) is 89.5 Å². The van der Waals surface area contributed by atoms with Crippen LogP contribution in [0.15, 0.2) is 66.9 Å². The smallest absolute Gasteiger partial charge is 0.261 e. The van der Waals surface area contributed by atoms with Crippen LogP contribution in [-0.2, 0) is 19.0 Å². The molecule has 4 aromatic rings. The van der Waals surface area contributed by atoms with Gasteiger partial charge in [-0.3, -0.25) is 5.10 Å². The minimum atomic E-state index is -4.54. The highest BCUT2D eigenvalue weighted by molar-refractivity contribution is 5.63. The highest BCUT2D eigenvalue weighted by Gasteiger charge is 2.34. The quantitative estimate of drug-likeness (QED) is 0.468. The van der Waals surface area contributed by atoms with E-state index in [9.17, 15) is 17.6 Å². The maximum absolute atomic E-state index is 13.3. The Balaban J connectivity index is 1.70. The Morgan fingerprint density at radius 3 is 2.31 bits per heavy atom. The fourth-order valence-electron chi connectivity index (χ4n) is 3.06. The van der Waals surface area contributed by atoms with Crippen molar-refractivity contribution in [2.75, 3.05) is 0 Å². The highest BCUT2D eigenvalue weighted by Crippen LogP contribution is 2.29. The average molecular weight is 400 g/mol. The summed E-state index contributed by atoms with van der Waals surface area (Å²) in [5.74, 6) is -0.269. The second-order valence-electron chi connectivity index (χ2n) is 6.58. The Bertz CT molecular complexity index is 1100. The lowest BCUT2D eigenvalue weighted by Crippen LogP contribution is -2.04. The van der Waals surface area contributed by atoms with Gasteiger partial charge in [0.15, 0.2) is 5.69 Å². The summed E-state index contributed by atoms with van der Waals surface area (Å²) in [7, 11) is 0. The van der Waals surface area contributed by atoms with E-state index in [4.69, 9.17) is 0 Å². The van der Waals surface area contributed by atoms with Gasteiger partial charge in [-0.15, -0.1) is 0 Å². The van der Waals surface area contributed by atoms with Crippen LogP contribution in [-0.4, -0.2) is 20.0 Å². The summed E-state index contributed by atoms with van der Waals surface area (Å²) in [4.78, 5) is 0. The van der Waals surface area contributed by atoms with E-state index in [2.05, 4.69) is 15.3 Å². The summed E-state index contributed by atoms with van der Waals surface area (Å²) in [5, 5.41) is 10.1. The number of nitrogens with one attached hydrogen (secondary N) is 1. The molecule has 0 bridgehead atoms. The van der Waals surface area contributed by atoms with Gasteiger partial charge in [0.05, 0.1) is 5.69 Å². The number of aromatic amines is 1. The number of nitrogens with zero attached hydrogens (tertiary/aromatic N) is 3. The van der Waals surface area contributed by atoms with Crippen molar-refractivity contribution in [1.82, 2.24) is 20.0 Å². The lowest BCUT2D eigenvalue weighted by molar-refractivity contribution is -0.141. The largest absolute Gasteiger partial charge is 0.435 e. The number of hydrogen-bond donors (Lipinski definition) is 1. The normalized spacial score (nSPS) is 11.7. The molecule has 0 unspecified atom stereocenters. The van der Waals surface area contributed by atoms with Gasteiger partial charge in [0.1, 0.15) is 11.6 Å². The zero-order valence-corrected chi connectivity index (χ0v) is 15.1. The Morgan fingerprint density at radius 1 is 0.931 bits per heavy atom. The maximum Gasteiger partial charge on any atom is 0.435 e. The van der Waals surface area contributed by atoms with Crippen molar-refractivity contribution in [3.63, 3.8) is 0 Å². The van der Waals surface area contributed by atoms with Crippen molar-refractivity contribution in [2.45, 2.75) is 19.0 Å². The molecule has 0 aliphatic rings. The second-order valence-corrected chi connectivity index (χ2v) is 6.58. The monoisotopic (exact) mass is 400 g/mol. The summed E-state index contributed by atoms with van der Waals surface area (Å²) in [6.07, 6.45) is -1.51. The SMILES string of the molecule is Fc1ccc(-c2nn(-c3cc(C(F)(F)F)n[nH]3)cc2CCc2ccccc2)cc1. The fourth-order valence-corrected chi connectivity index (χ4v) is 3.06. The molecule has 2 aromatic heterocycles. The third-order valence-electron chi connectivity index (χ3n) is 4.54. The average Bonchev–Trinajstić information content (AvgIpc) is 3.35. The van der Waals surface area contributed by atoms with Crippen molar-refractivity contribution < 1.29 is 17.6 Å². The molecule has 1 N–H and O–H groups in total. The molecule has 2 heterocycles. The van der Waals surface area contributed by atoms with Crippen LogP contribution in [0, 0.1) is 5.82 Å². The maximum atomic E-state index is 13.3. The molecule has 4 rings (SSSR count). The van der Waals surface area contributed by atoms with Crippen LogP contribution < -0.4 is 0 Å². The number of aryl methyl sites for hydroxylation is 2. The molecule has 0 amide bonds. The van der Waals surface area contributed by atoms with Crippen molar-refractivity contribution in [1.29, 1.82) is 0 Å². The van der Waals surface area contributed by atoms with E-state index in [1.54, 1.807) is 18.3 Å². The van der Waals surface area contributed by atoms with Crippen LogP contribution in [0.1, 0.15) is 16.8 Å². The predicted octanol–water partition coefficient (Wildman–Crippen LogP) is 5.21. The van der Waals surface area contributed by atoms with Crippen LogP contribution in [0.2, 0.25) is 0 Å². The van der Waals surface area contributed by atoms with Gasteiger partial charge in [-0.1, -0.05) is 30.3 Å². The predicted molar refractivity (Wildman–Crippen MR) is 100.0 cm³/mol. The highest BCUT2D eigenvalue weighted by atomic mass is 19.4. The van der Waals surface area contributed by atoms with Gasteiger partial charge in [0.2, 0.25) is 0 Å². The number of benzene rings is 2. The molecule has 0 saturated carbocycles. The molecule has 0 fully saturated rings. The first-order chi connectivity index (χ1) is 13.9. The summed E-state index contributed by atoms with van der Waals surface area (Å²) in [6.45, 7) is 0. The number of aromatic nitrogens is 4. The standard InChI is InChI=1S/C21H16F4N4/c22-17-10-8-15(9-11-17)20-16(7-6-14-4-2-1-3-5-14)13-29(28-20)19-12-18(26-27-19)21(23,24)25/h1-5,8-13H,6-7H2,(H,26,27).